The highest BCUT2D eigenvalue weighted by Gasteiger charge is 2.15. The van der Waals surface area contributed by atoms with E-state index in [2.05, 4.69) is 19.6 Å². The van der Waals surface area contributed by atoms with Crippen LogP contribution in [0.15, 0.2) is 35.2 Å². The van der Waals surface area contributed by atoms with Gasteiger partial charge in [0, 0.05) is 25.7 Å². The van der Waals surface area contributed by atoms with E-state index in [4.69, 9.17) is 4.74 Å². The second-order valence-electron chi connectivity index (χ2n) is 6.90. The molecule has 1 aliphatic rings. The van der Waals surface area contributed by atoms with Crippen molar-refractivity contribution in [3.05, 3.63) is 41.7 Å². The SMILES string of the molecule is CCc1ccc(S(=O)(=O)NCCOc2cc(N3CCCCC3)nc(C)n2)cc1. The molecule has 1 N–H and O–H groups in total. The Kier molecular flexibility index (Phi) is 6.85. The zero-order valence-electron chi connectivity index (χ0n) is 16.5. The first-order chi connectivity index (χ1) is 13.5. The van der Waals surface area contributed by atoms with Crippen molar-refractivity contribution < 1.29 is 13.2 Å². The van der Waals surface area contributed by atoms with Crippen LogP contribution in [0.2, 0.25) is 0 Å². The fourth-order valence-electron chi connectivity index (χ4n) is 3.20. The Hall–Kier alpha value is -2.19. The second-order valence-corrected chi connectivity index (χ2v) is 8.67. The summed E-state index contributed by atoms with van der Waals surface area (Å²) in [7, 11) is -3.54. The number of hydrogen-bond donors (Lipinski definition) is 1. The Labute approximate surface area is 167 Å². The molecule has 1 saturated heterocycles. The quantitative estimate of drug-likeness (QED) is 0.681. The molecule has 1 aromatic carbocycles. The highest BCUT2D eigenvalue weighted by molar-refractivity contribution is 7.89. The number of rotatable bonds is 8. The molecule has 0 bridgehead atoms. The lowest BCUT2D eigenvalue weighted by Gasteiger charge is -2.28. The van der Waals surface area contributed by atoms with E-state index in [1.165, 1.54) is 19.3 Å². The summed E-state index contributed by atoms with van der Waals surface area (Å²) in [5.41, 5.74) is 1.10. The second kappa shape index (κ2) is 9.34. The van der Waals surface area contributed by atoms with Crippen LogP contribution in [0.3, 0.4) is 0 Å². The molecule has 8 heteroatoms. The van der Waals surface area contributed by atoms with Gasteiger partial charge in [0.2, 0.25) is 15.9 Å². The van der Waals surface area contributed by atoms with Gasteiger partial charge in [-0.3, -0.25) is 0 Å². The predicted molar refractivity (Wildman–Crippen MR) is 109 cm³/mol. The van der Waals surface area contributed by atoms with E-state index < -0.39 is 10.0 Å². The van der Waals surface area contributed by atoms with Crippen LogP contribution in [-0.4, -0.2) is 44.6 Å². The van der Waals surface area contributed by atoms with Crippen LogP contribution in [0, 0.1) is 6.92 Å². The van der Waals surface area contributed by atoms with Gasteiger partial charge < -0.3 is 9.64 Å². The zero-order valence-corrected chi connectivity index (χ0v) is 17.3. The van der Waals surface area contributed by atoms with Crippen LogP contribution in [0.4, 0.5) is 5.82 Å². The van der Waals surface area contributed by atoms with Gasteiger partial charge in [-0.05, 0) is 50.3 Å². The molecule has 0 saturated carbocycles. The molecule has 7 nitrogen and oxygen atoms in total. The zero-order chi connectivity index (χ0) is 20.0. The van der Waals surface area contributed by atoms with E-state index >= 15 is 0 Å². The number of nitrogens with zero attached hydrogens (tertiary/aromatic N) is 3. The van der Waals surface area contributed by atoms with E-state index in [0.717, 1.165) is 30.9 Å². The van der Waals surface area contributed by atoms with Crippen LogP contribution in [-0.2, 0) is 16.4 Å². The fraction of sp³-hybridized carbons (Fsp3) is 0.500. The lowest BCUT2D eigenvalue weighted by molar-refractivity contribution is 0.309. The van der Waals surface area contributed by atoms with Crippen molar-refractivity contribution in [1.29, 1.82) is 0 Å². The summed E-state index contributed by atoms with van der Waals surface area (Å²) < 4.78 is 33.0. The maximum Gasteiger partial charge on any atom is 0.240 e. The van der Waals surface area contributed by atoms with Gasteiger partial charge in [0.05, 0.1) is 4.90 Å². The average Bonchev–Trinajstić information content (AvgIpc) is 2.71. The van der Waals surface area contributed by atoms with Crippen molar-refractivity contribution >= 4 is 15.8 Å². The number of sulfonamides is 1. The number of ether oxygens (including phenoxy) is 1. The van der Waals surface area contributed by atoms with Gasteiger partial charge in [0.15, 0.2) is 0 Å². The summed E-state index contributed by atoms with van der Waals surface area (Å²) in [5.74, 6) is 1.99. The molecular weight excluding hydrogens is 376 g/mol. The van der Waals surface area contributed by atoms with Gasteiger partial charge >= 0.3 is 0 Å². The number of hydrogen-bond acceptors (Lipinski definition) is 6. The minimum atomic E-state index is -3.54. The van der Waals surface area contributed by atoms with Crippen molar-refractivity contribution in [2.75, 3.05) is 31.1 Å². The minimum absolute atomic E-state index is 0.167. The Bertz CT molecular complexity index is 879. The Morgan fingerprint density at radius 1 is 1.11 bits per heavy atom. The van der Waals surface area contributed by atoms with E-state index in [-0.39, 0.29) is 18.0 Å². The molecule has 0 atom stereocenters. The molecular formula is C20H28N4O3S. The number of anilines is 1. The lowest BCUT2D eigenvalue weighted by atomic mass is 10.1. The number of aryl methyl sites for hydroxylation is 2. The molecule has 0 radical (unpaired) electrons. The van der Waals surface area contributed by atoms with Gasteiger partial charge in [0.1, 0.15) is 18.2 Å². The van der Waals surface area contributed by atoms with Crippen molar-refractivity contribution in [1.82, 2.24) is 14.7 Å². The summed E-state index contributed by atoms with van der Waals surface area (Å²) in [6.45, 7) is 6.22. The van der Waals surface area contributed by atoms with Gasteiger partial charge in [-0.1, -0.05) is 19.1 Å². The number of nitrogens with one attached hydrogen (secondary N) is 1. The third kappa shape index (κ3) is 5.42. The van der Waals surface area contributed by atoms with Crippen LogP contribution >= 0.6 is 0 Å². The molecule has 1 fully saturated rings. The summed E-state index contributed by atoms with van der Waals surface area (Å²) in [6, 6.07) is 8.74. The molecule has 0 spiro atoms. The molecule has 28 heavy (non-hydrogen) atoms. The summed E-state index contributed by atoms with van der Waals surface area (Å²) in [5, 5.41) is 0. The summed E-state index contributed by atoms with van der Waals surface area (Å²) in [4.78, 5) is 11.3. The summed E-state index contributed by atoms with van der Waals surface area (Å²) in [6.07, 6.45) is 4.46. The molecule has 152 valence electrons. The standard InChI is InChI=1S/C20H28N4O3S/c1-3-17-7-9-18(10-8-17)28(25,26)21-11-14-27-20-15-19(22-16(2)23-20)24-12-5-4-6-13-24/h7-10,15,21H,3-6,11-14H2,1-2H3. The number of piperidine rings is 1. The van der Waals surface area contributed by atoms with E-state index in [0.29, 0.717) is 11.7 Å². The average molecular weight is 405 g/mol. The molecule has 1 aromatic heterocycles. The van der Waals surface area contributed by atoms with Crippen molar-refractivity contribution in [3.63, 3.8) is 0 Å². The van der Waals surface area contributed by atoms with Crippen LogP contribution in [0.1, 0.15) is 37.6 Å². The van der Waals surface area contributed by atoms with E-state index in [1.54, 1.807) is 12.1 Å². The highest BCUT2D eigenvalue weighted by atomic mass is 32.2. The first-order valence-electron chi connectivity index (χ1n) is 9.80. The summed E-state index contributed by atoms with van der Waals surface area (Å²) >= 11 is 0. The van der Waals surface area contributed by atoms with Gasteiger partial charge in [0.25, 0.3) is 0 Å². The van der Waals surface area contributed by atoms with Gasteiger partial charge in [-0.15, -0.1) is 0 Å². The van der Waals surface area contributed by atoms with Gasteiger partial charge in [-0.2, -0.15) is 4.98 Å². The van der Waals surface area contributed by atoms with Crippen molar-refractivity contribution in [2.45, 2.75) is 44.4 Å². The third-order valence-corrected chi connectivity index (χ3v) is 6.24. The minimum Gasteiger partial charge on any atom is -0.476 e. The molecule has 1 aliphatic heterocycles. The lowest BCUT2D eigenvalue weighted by Crippen LogP contribution is -2.30. The number of aromatic nitrogens is 2. The maximum absolute atomic E-state index is 12.4. The third-order valence-electron chi connectivity index (χ3n) is 4.77. The normalized spacial score (nSPS) is 14.9. The fourth-order valence-corrected chi connectivity index (χ4v) is 4.22. The largest absolute Gasteiger partial charge is 0.476 e. The molecule has 2 heterocycles. The smallest absolute Gasteiger partial charge is 0.240 e. The van der Waals surface area contributed by atoms with Crippen molar-refractivity contribution in [2.24, 2.45) is 0 Å². The van der Waals surface area contributed by atoms with E-state index in [9.17, 15) is 8.42 Å². The molecule has 0 unspecified atom stereocenters. The molecule has 3 rings (SSSR count). The first kappa shape index (κ1) is 20.5. The van der Waals surface area contributed by atoms with Crippen LogP contribution < -0.4 is 14.4 Å². The van der Waals surface area contributed by atoms with E-state index in [1.807, 2.05) is 32.0 Å². The molecule has 2 aromatic rings. The Morgan fingerprint density at radius 2 is 1.82 bits per heavy atom. The monoisotopic (exact) mass is 404 g/mol. The predicted octanol–water partition coefficient (Wildman–Crippen LogP) is 2.70. The van der Waals surface area contributed by atoms with Crippen molar-refractivity contribution in [3.8, 4) is 5.88 Å². The Morgan fingerprint density at radius 3 is 2.50 bits per heavy atom. The van der Waals surface area contributed by atoms with Gasteiger partial charge in [-0.25, -0.2) is 18.1 Å². The van der Waals surface area contributed by atoms with Crippen LogP contribution in [0.25, 0.3) is 0 Å². The molecule has 0 aliphatic carbocycles. The topological polar surface area (TPSA) is 84.4 Å². The Balaban J connectivity index is 1.55. The number of benzene rings is 1. The van der Waals surface area contributed by atoms with Crippen LogP contribution in [0.5, 0.6) is 5.88 Å². The first-order valence-corrected chi connectivity index (χ1v) is 11.3. The molecule has 0 amide bonds. The maximum atomic E-state index is 12.4. The highest BCUT2D eigenvalue weighted by Crippen LogP contribution is 2.21.